The second-order valence-electron chi connectivity index (χ2n) is 4.63. The maximum absolute atomic E-state index is 12.1. The number of halogens is 1. The van der Waals surface area contributed by atoms with Gasteiger partial charge in [-0.3, -0.25) is 4.79 Å². The first kappa shape index (κ1) is 12.2. The molecular formula is C13H12ClN3O2. The Hall–Kier alpha value is -1.88. The molecule has 1 aromatic carbocycles. The molecule has 0 radical (unpaired) electrons. The number of rotatable bonds is 2. The molecule has 5 nitrogen and oxygen atoms in total. The van der Waals surface area contributed by atoms with E-state index in [0.717, 1.165) is 11.3 Å². The second kappa shape index (κ2) is 4.66. The van der Waals surface area contributed by atoms with E-state index in [1.807, 2.05) is 25.1 Å². The Bertz CT molecular complexity index is 612. The van der Waals surface area contributed by atoms with Crippen molar-refractivity contribution in [2.24, 2.45) is 0 Å². The lowest BCUT2D eigenvalue weighted by Crippen LogP contribution is -2.24. The van der Waals surface area contributed by atoms with Gasteiger partial charge in [0.15, 0.2) is 5.82 Å². The Morgan fingerprint density at radius 2 is 2.32 bits per heavy atom. The van der Waals surface area contributed by atoms with Crippen molar-refractivity contribution in [2.75, 3.05) is 11.4 Å². The minimum Gasteiger partial charge on any atom is -0.343 e. The highest BCUT2D eigenvalue weighted by Crippen LogP contribution is 2.32. The van der Waals surface area contributed by atoms with Crippen LogP contribution in [0.2, 0.25) is 5.02 Å². The van der Waals surface area contributed by atoms with E-state index < -0.39 is 0 Å². The Kier molecular flexibility index (Phi) is 2.98. The van der Waals surface area contributed by atoms with E-state index in [-0.39, 0.29) is 11.8 Å². The van der Waals surface area contributed by atoms with E-state index in [2.05, 4.69) is 10.1 Å². The summed E-state index contributed by atoms with van der Waals surface area (Å²) in [6.45, 7) is 2.48. The van der Waals surface area contributed by atoms with Gasteiger partial charge in [0, 0.05) is 29.6 Å². The highest BCUT2D eigenvalue weighted by atomic mass is 35.5. The summed E-state index contributed by atoms with van der Waals surface area (Å²) in [5.74, 6) is 0.607. The van der Waals surface area contributed by atoms with Crippen LogP contribution < -0.4 is 4.90 Å². The third-order valence-corrected chi connectivity index (χ3v) is 3.74. The maximum Gasteiger partial charge on any atom is 0.227 e. The number of hydrogen-bond donors (Lipinski definition) is 0. The number of aromatic nitrogens is 2. The molecule has 1 amide bonds. The van der Waals surface area contributed by atoms with Crippen molar-refractivity contribution in [2.45, 2.75) is 19.3 Å². The van der Waals surface area contributed by atoms with E-state index in [0.29, 0.717) is 23.8 Å². The van der Waals surface area contributed by atoms with Gasteiger partial charge in [0.25, 0.3) is 0 Å². The molecule has 1 saturated heterocycles. The van der Waals surface area contributed by atoms with Gasteiger partial charge >= 0.3 is 0 Å². The maximum atomic E-state index is 12.1. The Morgan fingerprint density at radius 3 is 3.00 bits per heavy atom. The van der Waals surface area contributed by atoms with Gasteiger partial charge in [0.2, 0.25) is 12.3 Å². The minimum atomic E-state index is -0.0219. The molecule has 2 heterocycles. The van der Waals surface area contributed by atoms with Crippen molar-refractivity contribution in [3.05, 3.63) is 41.0 Å². The number of carbonyl (C=O) groups excluding carboxylic acids is 1. The predicted molar refractivity (Wildman–Crippen MR) is 70.2 cm³/mol. The first-order valence-corrected chi connectivity index (χ1v) is 6.35. The molecule has 1 unspecified atom stereocenters. The quantitative estimate of drug-likeness (QED) is 0.846. The zero-order chi connectivity index (χ0) is 13.4. The number of hydrogen-bond acceptors (Lipinski definition) is 4. The summed E-state index contributed by atoms with van der Waals surface area (Å²) in [5.41, 5.74) is 1.80. The van der Waals surface area contributed by atoms with Crippen molar-refractivity contribution in [3.63, 3.8) is 0 Å². The lowest BCUT2D eigenvalue weighted by molar-refractivity contribution is -0.117. The van der Waals surface area contributed by atoms with Crippen molar-refractivity contribution >= 4 is 23.2 Å². The lowest BCUT2D eigenvalue weighted by atomic mass is 10.1. The molecule has 0 spiro atoms. The average Bonchev–Trinajstić information content (AvgIpc) is 3.01. The molecule has 0 aliphatic carbocycles. The first-order chi connectivity index (χ1) is 9.15. The van der Waals surface area contributed by atoms with Crippen LogP contribution in [0.4, 0.5) is 5.69 Å². The normalized spacial score (nSPS) is 19.2. The lowest BCUT2D eigenvalue weighted by Gasteiger charge is -2.17. The molecule has 1 aromatic heterocycles. The molecule has 1 aliphatic heterocycles. The molecule has 2 aromatic rings. The van der Waals surface area contributed by atoms with Gasteiger partial charge in [0.05, 0.1) is 0 Å². The van der Waals surface area contributed by atoms with Crippen molar-refractivity contribution in [1.82, 2.24) is 10.1 Å². The number of nitrogens with zero attached hydrogens (tertiary/aromatic N) is 3. The van der Waals surface area contributed by atoms with Crippen molar-refractivity contribution < 1.29 is 9.32 Å². The molecule has 6 heteroatoms. The van der Waals surface area contributed by atoms with Crippen molar-refractivity contribution in [3.8, 4) is 0 Å². The van der Waals surface area contributed by atoms with Crippen LogP contribution in [-0.2, 0) is 4.79 Å². The first-order valence-electron chi connectivity index (χ1n) is 5.98. The number of carbonyl (C=O) groups is 1. The number of benzene rings is 1. The molecular weight excluding hydrogens is 266 g/mol. The van der Waals surface area contributed by atoms with Gasteiger partial charge in [-0.05, 0) is 24.6 Å². The summed E-state index contributed by atoms with van der Waals surface area (Å²) in [5, 5.41) is 4.46. The van der Waals surface area contributed by atoms with Gasteiger partial charge in [-0.25, -0.2) is 0 Å². The smallest absolute Gasteiger partial charge is 0.227 e. The van der Waals surface area contributed by atoms with Crippen LogP contribution >= 0.6 is 11.6 Å². The van der Waals surface area contributed by atoms with Crippen LogP contribution in [0.15, 0.2) is 29.1 Å². The monoisotopic (exact) mass is 277 g/mol. The molecule has 19 heavy (non-hydrogen) atoms. The Balaban J connectivity index is 1.86. The van der Waals surface area contributed by atoms with Gasteiger partial charge < -0.3 is 9.42 Å². The van der Waals surface area contributed by atoms with Gasteiger partial charge in [-0.15, -0.1) is 0 Å². The topological polar surface area (TPSA) is 59.2 Å². The SMILES string of the molecule is Cc1ccc(N2CC(c3ncon3)CC2=O)cc1Cl. The van der Waals surface area contributed by atoms with Crippen LogP contribution in [0.3, 0.4) is 0 Å². The molecule has 0 saturated carbocycles. The van der Waals surface area contributed by atoms with Crippen LogP contribution in [0, 0.1) is 6.92 Å². The highest BCUT2D eigenvalue weighted by molar-refractivity contribution is 6.31. The largest absolute Gasteiger partial charge is 0.343 e. The summed E-state index contributed by atoms with van der Waals surface area (Å²) in [7, 11) is 0. The summed E-state index contributed by atoms with van der Waals surface area (Å²) in [6, 6.07) is 5.62. The summed E-state index contributed by atoms with van der Waals surface area (Å²) >= 11 is 6.10. The fraction of sp³-hybridized carbons (Fsp3) is 0.308. The number of amides is 1. The van der Waals surface area contributed by atoms with Gasteiger partial charge in [-0.2, -0.15) is 4.98 Å². The van der Waals surface area contributed by atoms with E-state index in [1.54, 1.807) is 4.90 Å². The molecule has 1 fully saturated rings. The fourth-order valence-electron chi connectivity index (χ4n) is 2.24. The van der Waals surface area contributed by atoms with Crippen LogP contribution in [0.5, 0.6) is 0 Å². The van der Waals surface area contributed by atoms with Crippen LogP contribution in [0.25, 0.3) is 0 Å². The third-order valence-electron chi connectivity index (χ3n) is 3.34. The summed E-state index contributed by atoms with van der Waals surface area (Å²) in [6.07, 6.45) is 1.68. The zero-order valence-electron chi connectivity index (χ0n) is 10.3. The predicted octanol–water partition coefficient (Wildman–Crippen LogP) is 2.55. The second-order valence-corrected chi connectivity index (χ2v) is 5.04. The van der Waals surface area contributed by atoms with E-state index in [9.17, 15) is 4.79 Å². The number of aryl methyl sites for hydroxylation is 1. The summed E-state index contributed by atoms with van der Waals surface area (Å²) < 4.78 is 4.73. The van der Waals surface area contributed by atoms with E-state index in [1.165, 1.54) is 6.39 Å². The average molecular weight is 278 g/mol. The van der Waals surface area contributed by atoms with E-state index in [4.69, 9.17) is 16.1 Å². The summed E-state index contributed by atoms with van der Waals surface area (Å²) in [4.78, 5) is 17.8. The molecule has 0 N–H and O–H groups in total. The minimum absolute atomic E-state index is 0.0219. The standard InChI is InChI=1S/C13H12ClN3O2/c1-8-2-3-10(5-11(8)14)17-6-9(4-12(17)18)13-15-7-19-16-13/h2-3,5,7,9H,4,6H2,1H3. The van der Waals surface area contributed by atoms with Crippen LogP contribution in [-0.4, -0.2) is 22.6 Å². The molecule has 1 aliphatic rings. The molecule has 1 atom stereocenters. The Morgan fingerprint density at radius 1 is 1.47 bits per heavy atom. The Labute approximate surface area is 115 Å². The van der Waals surface area contributed by atoms with Gasteiger partial charge in [0.1, 0.15) is 0 Å². The van der Waals surface area contributed by atoms with Crippen molar-refractivity contribution in [1.29, 1.82) is 0 Å². The number of anilines is 1. The molecule has 0 bridgehead atoms. The highest BCUT2D eigenvalue weighted by Gasteiger charge is 2.34. The zero-order valence-corrected chi connectivity index (χ0v) is 11.1. The third kappa shape index (κ3) is 2.21. The van der Waals surface area contributed by atoms with Gasteiger partial charge in [-0.1, -0.05) is 22.8 Å². The van der Waals surface area contributed by atoms with E-state index >= 15 is 0 Å². The molecule has 3 rings (SSSR count). The van der Waals surface area contributed by atoms with Crippen LogP contribution in [0.1, 0.15) is 23.7 Å². The fourth-order valence-corrected chi connectivity index (χ4v) is 2.41. The molecule has 98 valence electrons.